The van der Waals surface area contributed by atoms with Gasteiger partial charge in [-0.05, 0) is 48.6 Å². The Balaban J connectivity index is 1.68. The fourth-order valence-electron chi connectivity index (χ4n) is 2.42. The highest BCUT2D eigenvalue weighted by molar-refractivity contribution is 7.15. The Morgan fingerprint density at radius 2 is 1.88 bits per heavy atom. The zero-order chi connectivity index (χ0) is 17.4. The molecule has 0 atom stereocenters. The molecule has 0 amide bonds. The average Bonchev–Trinajstić information content (AvgIpc) is 3.26. The zero-order valence-corrected chi connectivity index (χ0v) is 15.4. The molecule has 0 radical (unpaired) electrons. The maximum atomic E-state index is 12.5. The lowest BCUT2D eigenvalue weighted by atomic mass is 10.1. The van der Waals surface area contributed by atoms with E-state index in [1.54, 1.807) is 11.3 Å². The largest absolute Gasteiger partial charge is 0.291 e. The third-order valence-electron chi connectivity index (χ3n) is 3.86. The van der Waals surface area contributed by atoms with Crippen molar-refractivity contribution in [2.75, 3.05) is 0 Å². The Kier molecular flexibility index (Phi) is 4.07. The molecule has 0 saturated heterocycles. The minimum Gasteiger partial charge on any atom is -0.266 e. The van der Waals surface area contributed by atoms with Gasteiger partial charge in [-0.25, -0.2) is 0 Å². The quantitative estimate of drug-likeness (QED) is 0.558. The van der Waals surface area contributed by atoms with E-state index in [0.29, 0.717) is 15.3 Å². The van der Waals surface area contributed by atoms with E-state index in [-0.39, 0.29) is 5.56 Å². The summed E-state index contributed by atoms with van der Waals surface area (Å²) in [4.78, 5) is 18.7. The van der Waals surface area contributed by atoms with Crippen molar-refractivity contribution >= 4 is 45.9 Å². The van der Waals surface area contributed by atoms with E-state index in [2.05, 4.69) is 29.1 Å². The van der Waals surface area contributed by atoms with Crippen molar-refractivity contribution < 1.29 is 0 Å². The number of benzene rings is 1. The number of hydrogen-bond acceptors (Lipinski definition) is 5. The molecule has 4 rings (SSSR count). The van der Waals surface area contributed by atoms with Crippen LogP contribution >= 0.6 is 22.7 Å². The Morgan fingerprint density at radius 3 is 2.56 bits per heavy atom. The van der Waals surface area contributed by atoms with E-state index in [0.717, 1.165) is 10.4 Å². The molecule has 0 aliphatic heterocycles. The molecule has 0 fully saturated rings. The highest BCUT2D eigenvalue weighted by Gasteiger charge is 2.09. The van der Waals surface area contributed by atoms with Gasteiger partial charge in [0.25, 0.3) is 5.56 Å². The Bertz CT molecular complexity index is 1180. The van der Waals surface area contributed by atoms with Crippen LogP contribution in [-0.4, -0.2) is 14.6 Å². The number of nitrogens with zero attached hydrogens (tertiary/aromatic N) is 3. The van der Waals surface area contributed by atoms with Gasteiger partial charge in [0, 0.05) is 4.88 Å². The fourth-order valence-corrected chi connectivity index (χ4v) is 4.25. The Labute approximate surface area is 152 Å². The molecule has 0 saturated carbocycles. The third kappa shape index (κ3) is 3.18. The molecule has 0 aliphatic rings. The van der Waals surface area contributed by atoms with Gasteiger partial charge in [-0.3, -0.25) is 4.79 Å². The van der Waals surface area contributed by atoms with Crippen LogP contribution in [0.4, 0.5) is 0 Å². The number of thiazole rings is 1. The van der Waals surface area contributed by atoms with Crippen LogP contribution in [0, 0.1) is 13.8 Å². The summed E-state index contributed by atoms with van der Waals surface area (Å²) in [7, 11) is 0. The standard InChI is InChI=1S/C19H15N3OS2/c1-12-3-5-14(6-4-12)7-8-17-20-19-22(21-17)18(23)16(25-19)11-15-13(2)9-10-24-15/h3-11H,1-2H3/b8-7+,16-11+. The van der Waals surface area contributed by atoms with Crippen LogP contribution in [0.25, 0.3) is 23.2 Å². The van der Waals surface area contributed by atoms with Gasteiger partial charge in [-0.2, -0.15) is 9.50 Å². The Morgan fingerprint density at radius 1 is 1.08 bits per heavy atom. The molecule has 6 heteroatoms. The second kappa shape index (κ2) is 6.38. The van der Waals surface area contributed by atoms with Gasteiger partial charge >= 0.3 is 0 Å². The highest BCUT2D eigenvalue weighted by atomic mass is 32.1. The molecule has 0 bridgehead atoms. The van der Waals surface area contributed by atoms with E-state index in [4.69, 9.17) is 0 Å². The average molecular weight is 365 g/mol. The summed E-state index contributed by atoms with van der Waals surface area (Å²) >= 11 is 3.00. The number of aromatic nitrogens is 3. The first kappa shape index (κ1) is 15.9. The van der Waals surface area contributed by atoms with Gasteiger partial charge in [0.05, 0.1) is 4.53 Å². The maximum absolute atomic E-state index is 12.5. The smallest absolute Gasteiger partial charge is 0.266 e. The molecule has 1 aromatic carbocycles. The summed E-state index contributed by atoms with van der Waals surface area (Å²) in [5.41, 5.74) is 3.35. The third-order valence-corrected chi connectivity index (χ3v) is 5.79. The van der Waals surface area contributed by atoms with Crippen LogP contribution in [0.1, 0.15) is 27.4 Å². The number of thiophene rings is 1. The Hall–Kier alpha value is -2.57. The fraction of sp³-hybridized carbons (Fsp3) is 0.105. The van der Waals surface area contributed by atoms with Crippen molar-refractivity contribution in [2.45, 2.75) is 13.8 Å². The summed E-state index contributed by atoms with van der Waals surface area (Å²) in [5, 5.41) is 6.34. The molecular formula is C19H15N3OS2. The summed E-state index contributed by atoms with van der Waals surface area (Å²) < 4.78 is 2.04. The lowest BCUT2D eigenvalue weighted by molar-refractivity contribution is 0.925. The molecule has 3 heterocycles. The summed E-state index contributed by atoms with van der Waals surface area (Å²) in [6.07, 6.45) is 5.70. The second-order valence-electron chi connectivity index (χ2n) is 5.79. The van der Waals surface area contributed by atoms with Crippen LogP contribution in [-0.2, 0) is 0 Å². The van der Waals surface area contributed by atoms with Crippen molar-refractivity contribution in [3.63, 3.8) is 0 Å². The van der Waals surface area contributed by atoms with Crippen LogP contribution in [0.3, 0.4) is 0 Å². The van der Waals surface area contributed by atoms with Crippen LogP contribution in [0.15, 0.2) is 40.5 Å². The van der Waals surface area contributed by atoms with Crippen molar-refractivity contribution in [3.8, 4) is 0 Å². The summed E-state index contributed by atoms with van der Waals surface area (Å²) in [5.74, 6) is 0.544. The first-order valence-electron chi connectivity index (χ1n) is 7.80. The minimum absolute atomic E-state index is 0.115. The molecule has 0 unspecified atom stereocenters. The molecule has 0 spiro atoms. The number of hydrogen-bond donors (Lipinski definition) is 0. The molecule has 0 aliphatic carbocycles. The first-order chi connectivity index (χ1) is 12.1. The second-order valence-corrected chi connectivity index (χ2v) is 7.75. The van der Waals surface area contributed by atoms with Gasteiger partial charge in [0.15, 0.2) is 5.82 Å². The van der Waals surface area contributed by atoms with Crippen LogP contribution in [0.5, 0.6) is 0 Å². The molecule has 25 heavy (non-hydrogen) atoms. The predicted molar refractivity (Wildman–Crippen MR) is 105 cm³/mol. The van der Waals surface area contributed by atoms with Gasteiger partial charge in [0.2, 0.25) is 4.96 Å². The number of aryl methyl sites for hydroxylation is 2. The van der Waals surface area contributed by atoms with Crippen molar-refractivity contribution in [1.29, 1.82) is 0 Å². The lowest BCUT2D eigenvalue weighted by Crippen LogP contribution is -2.23. The number of fused-ring (bicyclic) bond motifs is 1. The van der Waals surface area contributed by atoms with Crippen LogP contribution in [0.2, 0.25) is 0 Å². The minimum atomic E-state index is -0.115. The molecule has 4 nitrogen and oxygen atoms in total. The summed E-state index contributed by atoms with van der Waals surface area (Å²) in [6.45, 7) is 4.10. The summed E-state index contributed by atoms with van der Waals surface area (Å²) in [6, 6.07) is 10.2. The topological polar surface area (TPSA) is 47.3 Å². The number of rotatable bonds is 3. The van der Waals surface area contributed by atoms with E-state index < -0.39 is 0 Å². The van der Waals surface area contributed by atoms with E-state index in [1.807, 2.05) is 48.7 Å². The van der Waals surface area contributed by atoms with E-state index in [1.165, 1.54) is 27.0 Å². The van der Waals surface area contributed by atoms with Crippen molar-refractivity contribution in [3.05, 3.63) is 78.0 Å². The highest BCUT2D eigenvalue weighted by Crippen LogP contribution is 2.16. The van der Waals surface area contributed by atoms with Crippen molar-refractivity contribution in [2.24, 2.45) is 0 Å². The van der Waals surface area contributed by atoms with E-state index >= 15 is 0 Å². The van der Waals surface area contributed by atoms with Gasteiger partial charge in [-0.15, -0.1) is 16.4 Å². The molecule has 0 N–H and O–H groups in total. The van der Waals surface area contributed by atoms with Crippen molar-refractivity contribution in [1.82, 2.24) is 14.6 Å². The zero-order valence-electron chi connectivity index (χ0n) is 13.8. The molecule has 4 aromatic rings. The van der Waals surface area contributed by atoms with Gasteiger partial charge in [-0.1, -0.05) is 47.2 Å². The molecular weight excluding hydrogens is 350 g/mol. The SMILES string of the molecule is Cc1ccc(/C=C/c2nc3s/c(=C/c4sccc4C)c(=O)n3n2)cc1. The van der Waals surface area contributed by atoms with Crippen LogP contribution < -0.4 is 10.1 Å². The monoisotopic (exact) mass is 365 g/mol. The normalized spacial score (nSPS) is 12.6. The maximum Gasteiger partial charge on any atom is 0.291 e. The molecule has 3 aromatic heterocycles. The van der Waals surface area contributed by atoms with Gasteiger partial charge in [0.1, 0.15) is 0 Å². The first-order valence-corrected chi connectivity index (χ1v) is 9.50. The van der Waals surface area contributed by atoms with Gasteiger partial charge < -0.3 is 0 Å². The predicted octanol–water partition coefficient (Wildman–Crippen LogP) is 3.55. The van der Waals surface area contributed by atoms with E-state index in [9.17, 15) is 4.79 Å². The lowest BCUT2D eigenvalue weighted by Gasteiger charge is -1.93. The molecule has 124 valence electrons.